The van der Waals surface area contributed by atoms with Gasteiger partial charge in [0.2, 0.25) is 5.91 Å². The van der Waals surface area contributed by atoms with Crippen LogP contribution >= 0.6 is 11.6 Å². The molecule has 13 heavy (non-hydrogen) atoms. The molecule has 0 saturated carbocycles. The lowest BCUT2D eigenvalue weighted by Crippen LogP contribution is -2.06. The Labute approximate surface area is 80.7 Å². The summed E-state index contributed by atoms with van der Waals surface area (Å²) in [5, 5.41) is 2.77. The molecule has 0 aliphatic carbocycles. The number of rotatable bonds is 1. The van der Waals surface area contributed by atoms with Crippen LogP contribution in [0.3, 0.4) is 0 Å². The van der Waals surface area contributed by atoms with Gasteiger partial charge in [-0.1, -0.05) is 11.6 Å². The SMILES string of the molecule is CC(=O)Nc1cc(F)c(C)cc1Cl. The van der Waals surface area contributed by atoms with Gasteiger partial charge in [-0.05, 0) is 24.6 Å². The fraction of sp³-hybridized carbons (Fsp3) is 0.222. The summed E-state index contributed by atoms with van der Waals surface area (Å²) in [7, 11) is 0. The molecule has 2 nitrogen and oxygen atoms in total. The summed E-state index contributed by atoms with van der Waals surface area (Å²) in [5.41, 5.74) is 0.761. The molecule has 1 rings (SSSR count). The van der Waals surface area contributed by atoms with Gasteiger partial charge >= 0.3 is 0 Å². The zero-order chi connectivity index (χ0) is 10.0. The molecule has 0 unspecified atom stereocenters. The van der Waals surface area contributed by atoms with Gasteiger partial charge in [0.05, 0.1) is 10.7 Å². The van der Waals surface area contributed by atoms with Crippen LogP contribution in [0.15, 0.2) is 12.1 Å². The van der Waals surface area contributed by atoms with Crippen LogP contribution in [0.5, 0.6) is 0 Å². The average Bonchev–Trinajstić information content (AvgIpc) is 1.99. The predicted octanol–water partition coefficient (Wildman–Crippen LogP) is 2.75. The molecule has 0 aromatic heterocycles. The number of carbonyl (C=O) groups is 1. The minimum absolute atomic E-state index is 0.273. The third kappa shape index (κ3) is 2.42. The van der Waals surface area contributed by atoms with Crippen molar-refractivity contribution in [2.45, 2.75) is 13.8 Å². The van der Waals surface area contributed by atoms with E-state index in [1.54, 1.807) is 6.92 Å². The molecule has 0 spiro atoms. The van der Waals surface area contributed by atoms with E-state index in [-0.39, 0.29) is 11.7 Å². The molecule has 70 valence electrons. The van der Waals surface area contributed by atoms with Gasteiger partial charge in [0.15, 0.2) is 0 Å². The molecule has 1 N–H and O–H groups in total. The van der Waals surface area contributed by atoms with Crippen molar-refractivity contribution in [2.24, 2.45) is 0 Å². The standard InChI is InChI=1S/C9H9ClFNO/c1-5-3-7(10)9(4-8(5)11)12-6(2)13/h3-4H,1-2H3,(H,12,13). The third-order valence-corrected chi connectivity index (χ3v) is 1.87. The van der Waals surface area contributed by atoms with Gasteiger partial charge in [0, 0.05) is 6.92 Å². The van der Waals surface area contributed by atoms with Crippen LogP contribution in [-0.4, -0.2) is 5.91 Å². The van der Waals surface area contributed by atoms with Gasteiger partial charge in [-0.15, -0.1) is 0 Å². The van der Waals surface area contributed by atoms with E-state index in [4.69, 9.17) is 11.6 Å². The first-order chi connectivity index (χ1) is 6.00. The Morgan fingerprint density at radius 1 is 1.54 bits per heavy atom. The molecule has 1 aromatic rings. The minimum atomic E-state index is -0.381. The maximum Gasteiger partial charge on any atom is 0.221 e. The summed E-state index contributed by atoms with van der Waals surface area (Å²) in [6, 6.07) is 2.68. The molecule has 4 heteroatoms. The molecule has 0 bridgehead atoms. The molecule has 0 aliphatic heterocycles. The monoisotopic (exact) mass is 201 g/mol. The van der Waals surface area contributed by atoms with E-state index < -0.39 is 0 Å². The van der Waals surface area contributed by atoms with Crippen LogP contribution in [-0.2, 0) is 4.79 Å². The van der Waals surface area contributed by atoms with Crippen molar-refractivity contribution in [3.8, 4) is 0 Å². The number of aryl methyl sites for hydroxylation is 1. The number of nitrogens with one attached hydrogen (secondary N) is 1. The van der Waals surface area contributed by atoms with Gasteiger partial charge in [-0.2, -0.15) is 0 Å². The van der Waals surface area contributed by atoms with Gasteiger partial charge in [0.1, 0.15) is 5.82 Å². The molecular weight excluding hydrogens is 193 g/mol. The molecule has 0 atom stereocenters. The van der Waals surface area contributed by atoms with Gasteiger partial charge in [-0.25, -0.2) is 4.39 Å². The van der Waals surface area contributed by atoms with E-state index in [0.29, 0.717) is 16.3 Å². The van der Waals surface area contributed by atoms with Gasteiger partial charge in [-0.3, -0.25) is 4.79 Å². The van der Waals surface area contributed by atoms with Crippen LogP contribution in [0.2, 0.25) is 5.02 Å². The molecular formula is C9H9ClFNO. The molecule has 0 radical (unpaired) electrons. The predicted molar refractivity (Wildman–Crippen MR) is 50.5 cm³/mol. The van der Waals surface area contributed by atoms with Crippen molar-refractivity contribution >= 4 is 23.2 Å². The normalized spacial score (nSPS) is 9.85. The molecule has 0 aliphatic rings. The molecule has 0 saturated heterocycles. The molecule has 0 fully saturated rings. The summed E-state index contributed by atoms with van der Waals surface area (Å²) < 4.78 is 13.0. The molecule has 1 aromatic carbocycles. The van der Waals surface area contributed by atoms with Crippen molar-refractivity contribution in [3.05, 3.63) is 28.5 Å². The smallest absolute Gasteiger partial charge is 0.221 e. The van der Waals surface area contributed by atoms with Crippen molar-refractivity contribution < 1.29 is 9.18 Å². The second-order valence-corrected chi connectivity index (χ2v) is 3.17. The molecule has 1 amide bonds. The minimum Gasteiger partial charge on any atom is -0.325 e. The van der Waals surface area contributed by atoms with Crippen LogP contribution < -0.4 is 5.32 Å². The largest absolute Gasteiger partial charge is 0.325 e. The Hall–Kier alpha value is -1.09. The van der Waals surface area contributed by atoms with Gasteiger partial charge in [0.25, 0.3) is 0 Å². The number of anilines is 1. The zero-order valence-electron chi connectivity index (χ0n) is 7.32. The zero-order valence-corrected chi connectivity index (χ0v) is 8.07. The lowest BCUT2D eigenvalue weighted by atomic mass is 10.2. The quantitative estimate of drug-likeness (QED) is 0.744. The Morgan fingerprint density at radius 2 is 2.15 bits per heavy atom. The Kier molecular flexibility index (Phi) is 2.88. The van der Waals surface area contributed by atoms with Crippen LogP contribution in [0, 0.1) is 12.7 Å². The van der Waals surface area contributed by atoms with Crippen LogP contribution in [0.1, 0.15) is 12.5 Å². The number of carbonyl (C=O) groups excluding carboxylic acids is 1. The second kappa shape index (κ2) is 3.75. The Morgan fingerprint density at radius 3 is 2.69 bits per heavy atom. The van der Waals surface area contributed by atoms with Crippen molar-refractivity contribution in [3.63, 3.8) is 0 Å². The van der Waals surface area contributed by atoms with E-state index >= 15 is 0 Å². The van der Waals surface area contributed by atoms with E-state index in [2.05, 4.69) is 5.32 Å². The number of halogens is 2. The fourth-order valence-electron chi connectivity index (χ4n) is 0.932. The van der Waals surface area contributed by atoms with E-state index in [1.165, 1.54) is 19.1 Å². The number of hydrogen-bond donors (Lipinski definition) is 1. The highest BCUT2D eigenvalue weighted by molar-refractivity contribution is 6.33. The van der Waals surface area contributed by atoms with Crippen molar-refractivity contribution in [1.29, 1.82) is 0 Å². The highest BCUT2D eigenvalue weighted by atomic mass is 35.5. The number of amides is 1. The highest BCUT2D eigenvalue weighted by Crippen LogP contribution is 2.24. The summed E-state index contributed by atoms with van der Waals surface area (Å²) in [6.45, 7) is 2.95. The van der Waals surface area contributed by atoms with Gasteiger partial charge < -0.3 is 5.32 Å². The first-order valence-electron chi connectivity index (χ1n) is 3.74. The third-order valence-electron chi connectivity index (χ3n) is 1.56. The van der Waals surface area contributed by atoms with E-state index in [9.17, 15) is 9.18 Å². The summed E-state index contributed by atoms with van der Waals surface area (Å²) in [4.78, 5) is 10.7. The Bertz CT molecular complexity index is 352. The lowest BCUT2D eigenvalue weighted by molar-refractivity contribution is -0.114. The van der Waals surface area contributed by atoms with E-state index in [1.807, 2.05) is 0 Å². The van der Waals surface area contributed by atoms with Crippen LogP contribution in [0.4, 0.5) is 10.1 Å². The topological polar surface area (TPSA) is 29.1 Å². The van der Waals surface area contributed by atoms with Crippen LogP contribution in [0.25, 0.3) is 0 Å². The second-order valence-electron chi connectivity index (χ2n) is 2.76. The summed E-state index contributed by atoms with van der Waals surface area (Å²) >= 11 is 5.76. The summed E-state index contributed by atoms with van der Waals surface area (Å²) in [5.74, 6) is -0.654. The maximum absolute atomic E-state index is 13.0. The van der Waals surface area contributed by atoms with Crippen molar-refractivity contribution in [2.75, 3.05) is 5.32 Å². The average molecular weight is 202 g/mol. The van der Waals surface area contributed by atoms with E-state index in [0.717, 1.165) is 0 Å². The lowest BCUT2D eigenvalue weighted by Gasteiger charge is -2.06. The van der Waals surface area contributed by atoms with Crippen molar-refractivity contribution in [1.82, 2.24) is 0 Å². The number of benzene rings is 1. The highest BCUT2D eigenvalue weighted by Gasteiger charge is 2.06. The summed E-state index contributed by atoms with van der Waals surface area (Å²) in [6.07, 6.45) is 0. The molecule has 0 heterocycles. The first kappa shape index (κ1) is 9.99. The maximum atomic E-state index is 13.0. The number of hydrogen-bond acceptors (Lipinski definition) is 1. The first-order valence-corrected chi connectivity index (χ1v) is 4.11. The fourth-order valence-corrected chi connectivity index (χ4v) is 1.20. The Balaban J connectivity index is 3.08.